The Bertz CT molecular complexity index is 295. The molecule has 0 saturated carbocycles. The van der Waals surface area contributed by atoms with Gasteiger partial charge in [0.2, 0.25) is 0 Å². The fourth-order valence-corrected chi connectivity index (χ4v) is 0.937. The van der Waals surface area contributed by atoms with Crippen molar-refractivity contribution in [2.75, 3.05) is 0 Å². The van der Waals surface area contributed by atoms with Crippen molar-refractivity contribution >= 4 is 6.08 Å². The Morgan fingerprint density at radius 3 is 3.08 bits per heavy atom. The van der Waals surface area contributed by atoms with Gasteiger partial charge in [-0.2, -0.15) is 0 Å². The molecule has 0 amide bonds. The van der Waals surface area contributed by atoms with Gasteiger partial charge in [-0.05, 0) is 19.4 Å². The van der Waals surface area contributed by atoms with Crippen molar-refractivity contribution in [2.45, 2.75) is 19.4 Å². The van der Waals surface area contributed by atoms with Crippen molar-refractivity contribution in [3.05, 3.63) is 30.1 Å². The molecular formula is C10H14N2O. The Labute approximate surface area is 77.9 Å². The molecule has 3 N–H and O–H groups in total. The van der Waals surface area contributed by atoms with Gasteiger partial charge in [0, 0.05) is 24.0 Å². The van der Waals surface area contributed by atoms with Gasteiger partial charge in [0.15, 0.2) is 0 Å². The Morgan fingerprint density at radius 2 is 2.46 bits per heavy atom. The minimum Gasteiger partial charge on any atom is -0.507 e. The molecule has 0 radical (unpaired) electrons. The van der Waals surface area contributed by atoms with Crippen LogP contribution in [0.15, 0.2) is 24.5 Å². The maximum absolute atomic E-state index is 9.35. The largest absolute Gasteiger partial charge is 0.507 e. The summed E-state index contributed by atoms with van der Waals surface area (Å²) in [5, 5.41) is 9.35. The zero-order valence-electron chi connectivity index (χ0n) is 7.64. The molecule has 1 rings (SSSR count). The van der Waals surface area contributed by atoms with E-state index in [1.165, 1.54) is 0 Å². The average molecular weight is 178 g/mol. The van der Waals surface area contributed by atoms with E-state index in [1.807, 2.05) is 19.1 Å². The molecule has 1 heterocycles. The quantitative estimate of drug-likeness (QED) is 0.738. The third-order valence-electron chi connectivity index (χ3n) is 1.63. The number of pyridine rings is 1. The van der Waals surface area contributed by atoms with Crippen LogP contribution in [0.2, 0.25) is 0 Å². The summed E-state index contributed by atoms with van der Waals surface area (Å²) in [4.78, 5) is 3.90. The summed E-state index contributed by atoms with van der Waals surface area (Å²) < 4.78 is 0. The van der Waals surface area contributed by atoms with E-state index in [1.54, 1.807) is 18.5 Å². The first kappa shape index (κ1) is 9.74. The second-order valence-electron chi connectivity index (χ2n) is 3.05. The van der Waals surface area contributed by atoms with Gasteiger partial charge in [-0.15, -0.1) is 0 Å². The summed E-state index contributed by atoms with van der Waals surface area (Å²) in [6, 6.07) is 1.71. The highest BCUT2D eigenvalue weighted by atomic mass is 16.3. The third-order valence-corrected chi connectivity index (χ3v) is 1.63. The molecule has 1 aromatic rings. The van der Waals surface area contributed by atoms with Crippen LogP contribution in [0.5, 0.6) is 5.75 Å². The van der Waals surface area contributed by atoms with E-state index in [9.17, 15) is 5.11 Å². The van der Waals surface area contributed by atoms with Gasteiger partial charge in [0.05, 0.1) is 0 Å². The standard InChI is InChI=1S/C10H14N2O/c1-8(11)3-2-4-9-7-12-6-5-10(9)13/h2,4-8H,3,11H2,1H3,(H,12,13)/t8-/m0/s1. The maximum atomic E-state index is 9.35. The van der Waals surface area contributed by atoms with Crippen molar-refractivity contribution in [3.8, 4) is 5.75 Å². The van der Waals surface area contributed by atoms with Crippen LogP contribution in [0.25, 0.3) is 6.08 Å². The molecule has 1 atom stereocenters. The number of hydrogen-bond acceptors (Lipinski definition) is 3. The molecule has 0 fully saturated rings. The van der Waals surface area contributed by atoms with E-state index >= 15 is 0 Å². The minimum atomic E-state index is 0.148. The highest BCUT2D eigenvalue weighted by Crippen LogP contribution is 2.15. The number of rotatable bonds is 3. The molecular weight excluding hydrogens is 164 g/mol. The molecule has 3 nitrogen and oxygen atoms in total. The first-order valence-corrected chi connectivity index (χ1v) is 4.25. The monoisotopic (exact) mass is 178 g/mol. The van der Waals surface area contributed by atoms with E-state index < -0.39 is 0 Å². The molecule has 13 heavy (non-hydrogen) atoms. The van der Waals surface area contributed by atoms with Crippen molar-refractivity contribution in [2.24, 2.45) is 5.73 Å². The lowest BCUT2D eigenvalue weighted by Gasteiger charge is -1.99. The number of nitrogens with zero attached hydrogens (tertiary/aromatic N) is 1. The predicted molar refractivity (Wildman–Crippen MR) is 53.2 cm³/mol. The van der Waals surface area contributed by atoms with E-state index in [0.29, 0.717) is 0 Å². The highest BCUT2D eigenvalue weighted by Gasteiger charge is 1.94. The first-order valence-electron chi connectivity index (χ1n) is 4.25. The van der Waals surface area contributed by atoms with E-state index in [0.717, 1.165) is 12.0 Å². The van der Waals surface area contributed by atoms with E-state index in [4.69, 9.17) is 5.73 Å². The zero-order chi connectivity index (χ0) is 9.68. The van der Waals surface area contributed by atoms with Crippen LogP contribution >= 0.6 is 0 Å². The Morgan fingerprint density at radius 1 is 1.69 bits per heavy atom. The predicted octanol–water partition coefficient (Wildman–Crippen LogP) is 1.54. The lowest BCUT2D eigenvalue weighted by atomic mass is 10.2. The van der Waals surface area contributed by atoms with Gasteiger partial charge in [0.1, 0.15) is 5.75 Å². The molecule has 0 aliphatic heterocycles. The van der Waals surface area contributed by atoms with E-state index in [2.05, 4.69) is 4.98 Å². The lowest BCUT2D eigenvalue weighted by molar-refractivity contribution is 0.473. The highest BCUT2D eigenvalue weighted by molar-refractivity contribution is 5.55. The smallest absolute Gasteiger partial charge is 0.125 e. The molecule has 3 heteroatoms. The molecule has 0 aliphatic rings. The van der Waals surface area contributed by atoms with Crippen LogP contribution in [0, 0.1) is 0 Å². The lowest BCUT2D eigenvalue weighted by Crippen LogP contribution is -2.12. The van der Waals surface area contributed by atoms with Gasteiger partial charge in [-0.3, -0.25) is 4.98 Å². The van der Waals surface area contributed by atoms with Gasteiger partial charge >= 0.3 is 0 Å². The van der Waals surface area contributed by atoms with Crippen molar-refractivity contribution < 1.29 is 5.11 Å². The van der Waals surface area contributed by atoms with Crippen LogP contribution in [0.3, 0.4) is 0 Å². The van der Waals surface area contributed by atoms with Crippen molar-refractivity contribution in [3.63, 3.8) is 0 Å². The maximum Gasteiger partial charge on any atom is 0.125 e. The van der Waals surface area contributed by atoms with Crippen molar-refractivity contribution in [1.29, 1.82) is 0 Å². The van der Waals surface area contributed by atoms with Crippen LogP contribution in [0.4, 0.5) is 0 Å². The molecule has 0 saturated heterocycles. The second kappa shape index (κ2) is 4.62. The molecule has 0 aromatic carbocycles. The number of nitrogens with two attached hydrogens (primary N) is 1. The SMILES string of the molecule is C[C@H](N)CC=Cc1cnccc1O. The number of hydrogen-bond donors (Lipinski definition) is 2. The number of aromatic nitrogens is 1. The average Bonchev–Trinajstić information content (AvgIpc) is 2.08. The van der Waals surface area contributed by atoms with Crippen LogP contribution < -0.4 is 5.73 Å². The van der Waals surface area contributed by atoms with Gasteiger partial charge in [-0.1, -0.05) is 12.2 Å². The minimum absolute atomic E-state index is 0.148. The summed E-state index contributed by atoms with van der Waals surface area (Å²) in [5.41, 5.74) is 6.29. The summed E-state index contributed by atoms with van der Waals surface area (Å²) in [5.74, 6) is 0.246. The second-order valence-corrected chi connectivity index (χ2v) is 3.05. The van der Waals surface area contributed by atoms with Crippen LogP contribution in [-0.4, -0.2) is 16.1 Å². The molecule has 0 unspecified atom stereocenters. The van der Waals surface area contributed by atoms with Gasteiger partial charge in [-0.25, -0.2) is 0 Å². The van der Waals surface area contributed by atoms with Crippen LogP contribution in [0.1, 0.15) is 18.9 Å². The van der Waals surface area contributed by atoms with Crippen LogP contribution in [-0.2, 0) is 0 Å². The fraction of sp³-hybridized carbons (Fsp3) is 0.300. The Kier molecular flexibility index (Phi) is 3.46. The number of aromatic hydroxyl groups is 1. The molecule has 1 aromatic heterocycles. The third kappa shape index (κ3) is 3.25. The molecule has 0 spiro atoms. The molecule has 0 aliphatic carbocycles. The van der Waals surface area contributed by atoms with Crippen molar-refractivity contribution in [1.82, 2.24) is 4.98 Å². The molecule has 0 bridgehead atoms. The summed E-state index contributed by atoms with van der Waals surface area (Å²) in [6.07, 6.45) is 7.73. The fourth-order valence-electron chi connectivity index (χ4n) is 0.937. The Balaban J connectivity index is 2.63. The normalized spacial score (nSPS) is 13.4. The first-order chi connectivity index (χ1) is 6.20. The molecule has 70 valence electrons. The zero-order valence-corrected chi connectivity index (χ0v) is 7.64. The Hall–Kier alpha value is -1.35. The summed E-state index contributed by atoms with van der Waals surface area (Å²) in [7, 11) is 0. The van der Waals surface area contributed by atoms with Gasteiger partial charge < -0.3 is 10.8 Å². The van der Waals surface area contributed by atoms with E-state index in [-0.39, 0.29) is 11.8 Å². The van der Waals surface area contributed by atoms with Gasteiger partial charge in [0.25, 0.3) is 0 Å². The topological polar surface area (TPSA) is 59.1 Å². The summed E-state index contributed by atoms with van der Waals surface area (Å²) >= 11 is 0. The summed E-state index contributed by atoms with van der Waals surface area (Å²) in [6.45, 7) is 1.94.